The largest absolute Gasteiger partial charge is 0.352 e. The Labute approximate surface area is 102 Å². The molecule has 17 heavy (non-hydrogen) atoms. The molecular formula is C13H21N3O. The summed E-state index contributed by atoms with van der Waals surface area (Å²) >= 11 is 0. The summed E-state index contributed by atoms with van der Waals surface area (Å²) in [4.78, 5) is 12.0. The van der Waals surface area contributed by atoms with E-state index in [4.69, 9.17) is 0 Å². The van der Waals surface area contributed by atoms with Crippen molar-refractivity contribution in [2.75, 3.05) is 5.43 Å². The predicted octanol–water partition coefficient (Wildman–Crippen LogP) is 1.87. The van der Waals surface area contributed by atoms with Crippen molar-refractivity contribution in [2.24, 2.45) is 0 Å². The number of nitrogens with zero attached hydrogens (tertiary/aromatic N) is 1. The van der Waals surface area contributed by atoms with Crippen molar-refractivity contribution in [3.63, 3.8) is 0 Å². The zero-order valence-electron chi connectivity index (χ0n) is 10.4. The number of carbonyl (C=O) groups is 1. The van der Waals surface area contributed by atoms with E-state index in [-0.39, 0.29) is 11.9 Å². The lowest BCUT2D eigenvalue weighted by Crippen LogP contribution is -2.45. The standard InChI is InChI=1S/C13H21N3O/c1-11(15-16-9-5-6-10-16)13(17)14-12-7-3-2-4-8-12/h5-6,9-12,15H,2-4,7-8H2,1H3,(H,14,17). The van der Waals surface area contributed by atoms with Crippen LogP contribution in [0.2, 0.25) is 0 Å². The van der Waals surface area contributed by atoms with Gasteiger partial charge in [-0.3, -0.25) is 9.47 Å². The fourth-order valence-electron chi connectivity index (χ4n) is 2.28. The lowest BCUT2D eigenvalue weighted by Gasteiger charge is -2.25. The maximum atomic E-state index is 12.0. The Hall–Kier alpha value is -1.45. The van der Waals surface area contributed by atoms with E-state index < -0.39 is 0 Å². The highest BCUT2D eigenvalue weighted by Gasteiger charge is 2.19. The molecule has 1 aliphatic rings. The molecule has 0 spiro atoms. The van der Waals surface area contributed by atoms with Gasteiger partial charge in [0.2, 0.25) is 5.91 Å². The zero-order chi connectivity index (χ0) is 12.1. The van der Waals surface area contributed by atoms with E-state index in [0.29, 0.717) is 6.04 Å². The molecule has 0 radical (unpaired) electrons. The number of amides is 1. The predicted molar refractivity (Wildman–Crippen MR) is 68.3 cm³/mol. The van der Waals surface area contributed by atoms with Gasteiger partial charge in [-0.15, -0.1) is 0 Å². The Balaban J connectivity index is 1.78. The van der Waals surface area contributed by atoms with Gasteiger partial charge in [-0.2, -0.15) is 0 Å². The molecule has 4 heteroatoms. The molecule has 94 valence electrons. The first-order valence-corrected chi connectivity index (χ1v) is 6.45. The van der Waals surface area contributed by atoms with E-state index in [0.717, 1.165) is 12.8 Å². The normalized spacial score (nSPS) is 18.6. The topological polar surface area (TPSA) is 46.1 Å². The number of hydrogen-bond donors (Lipinski definition) is 2. The number of rotatable bonds is 4. The summed E-state index contributed by atoms with van der Waals surface area (Å²) in [6, 6.07) is 4.03. The van der Waals surface area contributed by atoms with Crippen LogP contribution in [-0.2, 0) is 4.79 Å². The van der Waals surface area contributed by atoms with Gasteiger partial charge >= 0.3 is 0 Å². The third-order valence-electron chi connectivity index (χ3n) is 3.29. The molecule has 2 N–H and O–H groups in total. The van der Waals surface area contributed by atoms with Crippen LogP contribution in [0.25, 0.3) is 0 Å². The quantitative estimate of drug-likeness (QED) is 0.837. The molecule has 1 aromatic heterocycles. The summed E-state index contributed by atoms with van der Waals surface area (Å²) in [6.07, 6.45) is 9.83. The molecule has 0 aromatic carbocycles. The molecular weight excluding hydrogens is 214 g/mol. The first kappa shape index (κ1) is 12.0. The molecule has 4 nitrogen and oxygen atoms in total. The van der Waals surface area contributed by atoms with Gasteiger partial charge in [0.15, 0.2) is 0 Å². The third kappa shape index (κ3) is 3.51. The molecule has 1 saturated carbocycles. The van der Waals surface area contributed by atoms with Crippen molar-refractivity contribution in [3.05, 3.63) is 24.5 Å². The van der Waals surface area contributed by atoms with Crippen LogP contribution in [0.15, 0.2) is 24.5 Å². The fraction of sp³-hybridized carbons (Fsp3) is 0.615. The van der Waals surface area contributed by atoms with Gasteiger partial charge in [0.25, 0.3) is 0 Å². The van der Waals surface area contributed by atoms with Crippen LogP contribution >= 0.6 is 0 Å². The SMILES string of the molecule is CC(Nn1cccc1)C(=O)NC1CCCCC1. The second-order valence-electron chi connectivity index (χ2n) is 4.78. The highest BCUT2D eigenvalue weighted by molar-refractivity contribution is 5.82. The maximum Gasteiger partial charge on any atom is 0.244 e. The van der Waals surface area contributed by atoms with Crippen molar-refractivity contribution in [1.29, 1.82) is 0 Å². The van der Waals surface area contributed by atoms with E-state index in [1.165, 1.54) is 19.3 Å². The summed E-state index contributed by atoms with van der Waals surface area (Å²) in [5.41, 5.74) is 3.12. The molecule has 1 amide bonds. The Morgan fingerprint density at radius 1 is 1.24 bits per heavy atom. The lowest BCUT2D eigenvalue weighted by molar-refractivity contribution is -0.122. The van der Waals surface area contributed by atoms with Crippen LogP contribution in [0, 0.1) is 0 Å². The zero-order valence-corrected chi connectivity index (χ0v) is 10.4. The van der Waals surface area contributed by atoms with Crippen LogP contribution in [-0.4, -0.2) is 22.7 Å². The van der Waals surface area contributed by atoms with Gasteiger partial charge in [-0.05, 0) is 31.9 Å². The monoisotopic (exact) mass is 235 g/mol. The summed E-state index contributed by atoms with van der Waals surface area (Å²) in [6.45, 7) is 1.89. The van der Waals surface area contributed by atoms with E-state index >= 15 is 0 Å². The maximum absolute atomic E-state index is 12.0. The molecule has 1 heterocycles. The minimum Gasteiger partial charge on any atom is -0.352 e. The number of hydrogen-bond acceptors (Lipinski definition) is 2. The van der Waals surface area contributed by atoms with E-state index in [1.54, 1.807) is 0 Å². The van der Waals surface area contributed by atoms with Crippen molar-refractivity contribution in [1.82, 2.24) is 9.99 Å². The van der Waals surface area contributed by atoms with Gasteiger partial charge in [-0.25, -0.2) is 0 Å². The summed E-state index contributed by atoms with van der Waals surface area (Å²) < 4.78 is 1.81. The molecule has 2 rings (SSSR count). The summed E-state index contributed by atoms with van der Waals surface area (Å²) in [5.74, 6) is 0.0885. The lowest BCUT2D eigenvalue weighted by atomic mass is 9.95. The van der Waals surface area contributed by atoms with Crippen molar-refractivity contribution in [3.8, 4) is 0 Å². The highest BCUT2D eigenvalue weighted by Crippen LogP contribution is 2.17. The summed E-state index contributed by atoms with van der Waals surface area (Å²) in [7, 11) is 0. The first-order chi connectivity index (χ1) is 8.25. The second kappa shape index (κ2) is 5.75. The second-order valence-corrected chi connectivity index (χ2v) is 4.78. The van der Waals surface area contributed by atoms with Crippen molar-refractivity contribution in [2.45, 2.75) is 51.1 Å². The Kier molecular flexibility index (Phi) is 4.07. The van der Waals surface area contributed by atoms with Crippen molar-refractivity contribution >= 4 is 5.91 Å². The number of aromatic nitrogens is 1. The molecule has 1 fully saturated rings. The highest BCUT2D eigenvalue weighted by atomic mass is 16.2. The Morgan fingerprint density at radius 2 is 1.88 bits per heavy atom. The molecule has 0 saturated heterocycles. The third-order valence-corrected chi connectivity index (χ3v) is 3.29. The van der Waals surface area contributed by atoms with Gasteiger partial charge in [0, 0.05) is 18.4 Å². The van der Waals surface area contributed by atoms with E-state index in [9.17, 15) is 4.79 Å². The van der Waals surface area contributed by atoms with E-state index in [2.05, 4.69) is 10.7 Å². The average Bonchev–Trinajstić information content (AvgIpc) is 2.83. The Bertz CT molecular complexity index is 342. The van der Waals surface area contributed by atoms with Crippen LogP contribution in [0.4, 0.5) is 0 Å². The summed E-state index contributed by atoms with van der Waals surface area (Å²) in [5, 5.41) is 3.12. The van der Waals surface area contributed by atoms with Gasteiger partial charge in [-0.1, -0.05) is 19.3 Å². The smallest absolute Gasteiger partial charge is 0.244 e. The van der Waals surface area contributed by atoms with Gasteiger partial charge in [0.1, 0.15) is 6.04 Å². The fourth-order valence-corrected chi connectivity index (χ4v) is 2.28. The molecule has 0 bridgehead atoms. The van der Waals surface area contributed by atoms with E-state index in [1.807, 2.05) is 36.1 Å². The number of nitrogens with one attached hydrogen (secondary N) is 2. The molecule has 1 unspecified atom stereocenters. The molecule has 1 atom stereocenters. The molecule has 1 aliphatic carbocycles. The molecule has 0 aliphatic heterocycles. The van der Waals surface area contributed by atoms with Crippen LogP contribution < -0.4 is 10.7 Å². The molecule has 1 aromatic rings. The number of carbonyl (C=O) groups excluding carboxylic acids is 1. The average molecular weight is 235 g/mol. The minimum atomic E-state index is -0.204. The minimum absolute atomic E-state index is 0.0885. The van der Waals surface area contributed by atoms with Gasteiger partial charge in [0.05, 0.1) is 0 Å². The Morgan fingerprint density at radius 3 is 2.53 bits per heavy atom. The van der Waals surface area contributed by atoms with Crippen molar-refractivity contribution < 1.29 is 4.79 Å². The van der Waals surface area contributed by atoms with Crippen LogP contribution in [0.1, 0.15) is 39.0 Å². The first-order valence-electron chi connectivity index (χ1n) is 6.45. The van der Waals surface area contributed by atoms with Gasteiger partial charge < -0.3 is 10.7 Å². The van der Waals surface area contributed by atoms with Crippen LogP contribution in [0.3, 0.4) is 0 Å². The van der Waals surface area contributed by atoms with Crippen LogP contribution in [0.5, 0.6) is 0 Å².